The number of nitrogens with one attached hydrogen (secondary N) is 1. The maximum absolute atomic E-state index is 12.2. The summed E-state index contributed by atoms with van der Waals surface area (Å²) in [7, 11) is 1.48. The Bertz CT molecular complexity index is 486. The van der Waals surface area contributed by atoms with Crippen molar-refractivity contribution in [3.63, 3.8) is 0 Å². The second-order valence-electron chi connectivity index (χ2n) is 6.30. The van der Waals surface area contributed by atoms with Gasteiger partial charge in [-0.2, -0.15) is 0 Å². The first-order valence-electron chi connectivity index (χ1n) is 7.09. The Balaban J connectivity index is 1.97. The highest BCUT2D eigenvalue weighted by molar-refractivity contribution is 5.95. The van der Waals surface area contributed by atoms with E-state index < -0.39 is 0 Å². The number of amides is 1. The summed E-state index contributed by atoms with van der Waals surface area (Å²) in [6, 6.07) is 4.95. The van der Waals surface area contributed by atoms with Crippen molar-refractivity contribution in [3.8, 4) is 11.5 Å². The largest absolute Gasteiger partial charge is 0.504 e. The molecule has 1 aliphatic carbocycles. The fourth-order valence-corrected chi connectivity index (χ4v) is 2.64. The van der Waals surface area contributed by atoms with Gasteiger partial charge in [0.2, 0.25) is 0 Å². The Morgan fingerprint density at radius 1 is 1.35 bits per heavy atom. The Hall–Kier alpha value is -1.71. The number of ether oxygens (including phenoxy) is 1. The predicted molar refractivity (Wildman–Crippen MR) is 78.2 cm³/mol. The van der Waals surface area contributed by atoms with Crippen LogP contribution in [0.2, 0.25) is 0 Å². The molecule has 2 N–H and O–H groups in total. The van der Waals surface area contributed by atoms with Crippen molar-refractivity contribution < 1.29 is 14.6 Å². The van der Waals surface area contributed by atoms with E-state index in [1.165, 1.54) is 13.2 Å². The van der Waals surface area contributed by atoms with Gasteiger partial charge in [-0.15, -0.1) is 0 Å². The van der Waals surface area contributed by atoms with Crippen LogP contribution in [-0.2, 0) is 0 Å². The van der Waals surface area contributed by atoms with Crippen molar-refractivity contribution in [3.05, 3.63) is 23.8 Å². The highest BCUT2D eigenvalue weighted by Crippen LogP contribution is 2.35. The molecule has 0 unspecified atom stereocenters. The number of carbonyl (C=O) groups excluding carboxylic acids is 1. The molecule has 0 radical (unpaired) electrons. The van der Waals surface area contributed by atoms with E-state index in [1.54, 1.807) is 12.1 Å². The highest BCUT2D eigenvalue weighted by atomic mass is 16.5. The minimum Gasteiger partial charge on any atom is -0.504 e. The molecule has 2 rings (SSSR count). The Morgan fingerprint density at radius 3 is 2.55 bits per heavy atom. The van der Waals surface area contributed by atoms with Crippen LogP contribution >= 0.6 is 0 Å². The quantitative estimate of drug-likeness (QED) is 0.892. The molecule has 0 atom stereocenters. The van der Waals surface area contributed by atoms with Crippen LogP contribution in [-0.4, -0.2) is 24.2 Å². The smallest absolute Gasteiger partial charge is 0.251 e. The van der Waals surface area contributed by atoms with E-state index in [0.717, 1.165) is 25.7 Å². The number of benzene rings is 1. The molecule has 1 aliphatic rings. The normalized spacial score (nSPS) is 18.6. The summed E-state index contributed by atoms with van der Waals surface area (Å²) in [5.74, 6) is 0.235. The SMILES string of the molecule is COc1ccc(C(=O)NC2CCC(C)(C)CC2)cc1O. The van der Waals surface area contributed by atoms with E-state index in [4.69, 9.17) is 4.74 Å². The number of aromatic hydroxyl groups is 1. The second-order valence-corrected chi connectivity index (χ2v) is 6.30. The van der Waals surface area contributed by atoms with Gasteiger partial charge in [0.25, 0.3) is 5.91 Å². The molecular weight excluding hydrogens is 254 g/mol. The highest BCUT2D eigenvalue weighted by Gasteiger charge is 2.27. The van der Waals surface area contributed by atoms with E-state index in [9.17, 15) is 9.90 Å². The van der Waals surface area contributed by atoms with Crippen LogP contribution in [0.3, 0.4) is 0 Å². The molecule has 0 spiro atoms. The Labute approximate surface area is 120 Å². The molecule has 0 heterocycles. The third kappa shape index (κ3) is 3.44. The molecule has 1 aromatic rings. The zero-order valence-electron chi connectivity index (χ0n) is 12.4. The average Bonchev–Trinajstić information content (AvgIpc) is 2.41. The first kappa shape index (κ1) is 14.7. The lowest BCUT2D eigenvalue weighted by molar-refractivity contribution is 0.0908. The summed E-state index contributed by atoms with van der Waals surface area (Å²) in [6.45, 7) is 4.54. The lowest BCUT2D eigenvalue weighted by Gasteiger charge is -2.34. The van der Waals surface area contributed by atoms with Gasteiger partial charge in [0.15, 0.2) is 11.5 Å². The molecule has 4 heteroatoms. The summed E-state index contributed by atoms with van der Waals surface area (Å²) in [5.41, 5.74) is 0.854. The lowest BCUT2D eigenvalue weighted by Crippen LogP contribution is -2.39. The number of carbonyl (C=O) groups is 1. The van der Waals surface area contributed by atoms with Gasteiger partial charge in [-0.05, 0) is 49.3 Å². The van der Waals surface area contributed by atoms with Gasteiger partial charge < -0.3 is 15.2 Å². The zero-order valence-corrected chi connectivity index (χ0v) is 12.4. The van der Waals surface area contributed by atoms with E-state index >= 15 is 0 Å². The van der Waals surface area contributed by atoms with Gasteiger partial charge >= 0.3 is 0 Å². The fourth-order valence-electron chi connectivity index (χ4n) is 2.64. The standard InChI is InChI=1S/C16H23NO3/c1-16(2)8-6-12(7-9-16)17-15(19)11-4-5-14(20-3)13(18)10-11/h4-5,10,12,18H,6-9H2,1-3H3,(H,17,19). The molecule has 110 valence electrons. The molecule has 0 aliphatic heterocycles. The van der Waals surface area contributed by atoms with E-state index in [0.29, 0.717) is 16.7 Å². The van der Waals surface area contributed by atoms with Crippen LogP contribution in [0.4, 0.5) is 0 Å². The van der Waals surface area contributed by atoms with Gasteiger partial charge in [0, 0.05) is 11.6 Å². The zero-order chi connectivity index (χ0) is 14.8. The maximum atomic E-state index is 12.2. The second kappa shape index (κ2) is 5.73. The molecular formula is C16H23NO3. The average molecular weight is 277 g/mol. The third-order valence-electron chi connectivity index (χ3n) is 4.12. The first-order chi connectivity index (χ1) is 9.41. The minimum absolute atomic E-state index is 0.00933. The van der Waals surface area contributed by atoms with Gasteiger partial charge in [-0.1, -0.05) is 13.8 Å². The number of phenolic OH excluding ortho intramolecular Hbond substituents is 1. The predicted octanol–water partition coefficient (Wildman–Crippen LogP) is 3.10. The van der Waals surface area contributed by atoms with Crippen LogP contribution in [0.1, 0.15) is 49.9 Å². The van der Waals surface area contributed by atoms with Gasteiger partial charge in [0.1, 0.15) is 0 Å². The Kier molecular flexibility index (Phi) is 4.21. The molecule has 20 heavy (non-hydrogen) atoms. The van der Waals surface area contributed by atoms with Crippen molar-refractivity contribution in [2.24, 2.45) is 5.41 Å². The van der Waals surface area contributed by atoms with Gasteiger partial charge in [-0.25, -0.2) is 0 Å². The van der Waals surface area contributed by atoms with Crippen LogP contribution in [0.5, 0.6) is 11.5 Å². The summed E-state index contributed by atoms with van der Waals surface area (Å²) in [6.07, 6.45) is 4.29. The number of phenols is 1. The lowest BCUT2D eigenvalue weighted by atomic mass is 9.75. The van der Waals surface area contributed by atoms with Crippen molar-refractivity contribution >= 4 is 5.91 Å². The maximum Gasteiger partial charge on any atom is 0.251 e. The number of hydrogen-bond donors (Lipinski definition) is 2. The van der Waals surface area contributed by atoms with E-state index in [-0.39, 0.29) is 17.7 Å². The van der Waals surface area contributed by atoms with Crippen LogP contribution in [0.25, 0.3) is 0 Å². The molecule has 1 aromatic carbocycles. The number of methoxy groups -OCH3 is 1. The molecule has 4 nitrogen and oxygen atoms in total. The number of rotatable bonds is 3. The molecule has 0 aromatic heterocycles. The molecule has 1 saturated carbocycles. The van der Waals surface area contributed by atoms with E-state index in [1.807, 2.05) is 0 Å². The van der Waals surface area contributed by atoms with Crippen molar-refractivity contribution in [2.45, 2.75) is 45.6 Å². The number of hydrogen-bond acceptors (Lipinski definition) is 3. The van der Waals surface area contributed by atoms with Gasteiger partial charge in [0.05, 0.1) is 7.11 Å². The van der Waals surface area contributed by atoms with Crippen molar-refractivity contribution in [1.29, 1.82) is 0 Å². The molecule has 0 saturated heterocycles. The van der Waals surface area contributed by atoms with Crippen molar-refractivity contribution in [2.75, 3.05) is 7.11 Å². The summed E-state index contributed by atoms with van der Waals surface area (Å²) in [4.78, 5) is 12.2. The van der Waals surface area contributed by atoms with Crippen LogP contribution in [0.15, 0.2) is 18.2 Å². The monoisotopic (exact) mass is 277 g/mol. The summed E-state index contributed by atoms with van der Waals surface area (Å²) in [5, 5.41) is 12.8. The Morgan fingerprint density at radius 2 is 2.00 bits per heavy atom. The summed E-state index contributed by atoms with van der Waals surface area (Å²) >= 11 is 0. The van der Waals surface area contributed by atoms with Crippen molar-refractivity contribution in [1.82, 2.24) is 5.32 Å². The molecule has 1 fully saturated rings. The first-order valence-corrected chi connectivity index (χ1v) is 7.09. The summed E-state index contributed by atoms with van der Waals surface area (Å²) < 4.78 is 4.97. The molecule has 1 amide bonds. The van der Waals surface area contributed by atoms with E-state index in [2.05, 4.69) is 19.2 Å². The fraction of sp³-hybridized carbons (Fsp3) is 0.562. The molecule has 0 bridgehead atoms. The topological polar surface area (TPSA) is 58.6 Å². The minimum atomic E-state index is -0.132. The van der Waals surface area contributed by atoms with Gasteiger partial charge in [-0.3, -0.25) is 4.79 Å². The third-order valence-corrected chi connectivity index (χ3v) is 4.12. The van der Waals surface area contributed by atoms with Crippen LogP contribution < -0.4 is 10.1 Å². The van der Waals surface area contributed by atoms with Crippen LogP contribution in [0, 0.1) is 5.41 Å².